The standard InChI is InChI=1S/C6H11F2NO/c7-6(8)5-2-9-1-4(5)3-10/h4-6,9-10H,1-3H2/t4-,5+/m1/s1. The molecule has 0 spiro atoms. The summed E-state index contributed by atoms with van der Waals surface area (Å²) in [6.45, 7) is 0.719. The van der Waals surface area contributed by atoms with Crippen LogP contribution in [-0.2, 0) is 0 Å². The molecule has 2 N–H and O–H groups in total. The quantitative estimate of drug-likeness (QED) is 0.585. The van der Waals surface area contributed by atoms with Crippen LogP contribution in [0.25, 0.3) is 0 Å². The maximum atomic E-state index is 12.0. The summed E-state index contributed by atoms with van der Waals surface area (Å²) in [7, 11) is 0. The molecule has 1 aliphatic rings. The highest BCUT2D eigenvalue weighted by Gasteiger charge is 2.33. The Morgan fingerprint density at radius 3 is 2.60 bits per heavy atom. The van der Waals surface area contributed by atoms with E-state index in [0.29, 0.717) is 13.1 Å². The average Bonchev–Trinajstić information content (AvgIpc) is 2.33. The minimum absolute atomic E-state index is 0.137. The van der Waals surface area contributed by atoms with Crippen LogP contribution in [0.5, 0.6) is 0 Å². The Bertz CT molecular complexity index is 110. The second kappa shape index (κ2) is 3.25. The van der Waals surface area contributed by atoms with Gasteiger partial charge in [-0.3, -0.25) is 0 Å². The highest BCUT2D eigenvalue weighted by Crippen LogP contribution is 2.22. The van der Waals surface area contributed by atoms with E-state index in [0.717, 1.165) is 0 Å². The fourth-order valence-electron chi connectivity index (χ4n) is 1.25. The molecule has 2 atom stereocenters. The number of hydrogen-bond acceptors (Lipinski definition) is 2. The Morgan fingerprint density at radius 1 is 1.50 bits per heavy atom. The van der Waals surface area contributed by atoms with Crippen LogP contribution in [-0.4, -0.2) is 31.2 Å². The Kier molecular flexibility index (Phi) is 2.56. The lowest BCUT2D eigenvalue weighted by Crippen LogP contribution is -2.22. The van der Waals surface area contributed by atoms with Crippen molar-refractivity contribution in [2.75, 3.05) is 19.7 Å². The van der Waals surface area contributed by atoms with E-state index < -0.39 is 12.3 Å². The Labute approximate surface area is 58.2 Å². The van der Waals surface area contributed by atoms with Gasteiger partial charge in [-0.15, -0.1) is 0 Å². The lowest BCUT2D eigenvalue weighted by Gasteiger charge is -2.13. The van der Waals surface area contributed by atoms with Gasteiger partial charge in [0.25, 0.3) is 0 Å². The molecule has 0 aliphatic carbocycles. The second-order valence-corrected chi connectivity index (χ2v) is 2.60. The number of halogens is 2. The lowest BCUT2D eigenvalue weighted by atomic mass is 9.98. The summed E-state index contributed by atoms with van der Waals surface area (Å²) >= 11 is 0. The predicted molar refractivity (Wildman–Crippen MR) is 32.9 cm³/mol. The number of rotatable bonds is 2. The molecule has 0 aromatic carbocycles. The number of alkyl halides is 2. The Hall–Kier alpha value is -0.220. The van der Waals surface area contributed by atoms with Crippen LogP contribution < -0.4 is 5.32 Å². The zero-order valence-corrected chi connectivity index (χ0v) is 5.56. The normalized spacial score (nSPS) is 33.6. The number of aliphatic hydroxyl groups is 1. The van der Waals surface area contributed by atoms with Gasteiger partial charge in [-0.1, -0.05) is 0 Å². The van der Waals surface area contributed by atoms with Crippen molar-refractivity contribution in [3.05, 3.63) is 0 Å². The van der Waals surface area contributed by atoms with Crippen LogP contribution in [0.4, 0.5) is 8.78 Å². The minimum atomic E-state index is -2.30. The van der Waals surface area contributed by atoms with E-state index >= 15 is 0 Å². The van der Waals surface area contributed by atoms with Crippen LogP contribution in [0, 0.1) is 11.8 Å². The molecule has 1 aliphatic heterocycles. The van der Waals surface area contributed by atoms with E-state index in [4.69, 9.17) is 5.11 Å². The van der Waals surface area contributed by atoms with Crippen LogP contribution in [0.1, 0.15) is 0 Å². The topological polar surface area (TPSA) is 32.3 Å². The largest absolute Gasteiger partial charge is 0.396 e. The van der Waals surface area contributed by atoms with E-state index in [1.54, 1.807) is 0 Å². The van der Waals surface area contributed by atoms with E-state index in [-0.39, 0.29) is 12.5 Å². The summed E-state index contributed by atoms with van der Waals surface area (Å²) in [6.07, 6.45) is -2.30. The summed E-state index contributed by atoms with van der Waals surface area (Å²) in [5.74, 6) is -0.898. The molecule has 1 fully saturated rings. The Balaban J connectivity index is 2.42. The summed E-state index contributed by atoms with van der Waals surface area (Å²) < 4.78 is 24.1. The molecule has 0 amide bonds. The van der Waals surface area contributed by atoms with Gasteiger partial charge in [0.15, 0.2) is 0 Å². The maximum absolute atomic E-state index is 12.0. The van der Waals surface area contributed by atoms with Gasteiger partial charge in [-0.05, 0) is 0 Å². The third-order valence-corrected chi connectivity index (χ3v) is 1.95. The van der Waals surface area contributed by atoms with Gasteiger partial charge in [0.05, 0.1) is 0 Å². The fourth-order valence-corrected chi connectivity index (χ4v) is 1.25. The molecule has 1 rings (SSSR count). The van der Waals surface area contributed by atoms with E-state index in [2.05, 4.69) is 5.32 Å². The van der Waals surface area contributed by atoms with Gasteiger partial charge in [-0.2, -0.15) is 0 Å². The van der Waals surface area contributed by atoms with Crippen molar-refractivity contribution in [1.82, 2.24) is 5.32 Å². The molecule has 0 unspecified atom stereocenters. The predicted octanol–water partition coefficient (Wildman–Crippen LogP) is 0.0794. The zero-order chi connectivity index (χ0) is 7.56. The van der Waals surface area contributed by atoms with Crippen molar-refractivity contribution in [3.63, 3.8) is 0 Å². The van der Waals surface area contributed by atoms with Gasteiger partial charge >= 0.3 is 0 Å². The highest BCUT2D eigenvalue weighted by molar-refractivity contribution is 4.81. The van der Waals surface area contributed by atoms with E-state index in [1.165, 1.54) is 0 Å². The molecule has 1 heterocycles. The molecule has 1 saturated heterocycles. The van der Waals surface area contributed by atoms with Crippen molar-refractivity contribution in [2.45, 2.75) is 6.43 Å². The molecule has 0 aromatic heterocycles. The fraction of sp³-hybridized carbons (Fsp3) is 1.00. The van der Waals surface area contributed by atoms with Crippen molar-refractivity contribution in [2.24, 2.45) is 11.8 Å². The summed E-state index contributed by atoms with van der Waals surface area (Å²) in [5.41, 5.74) is 0. The number of nitrogens with one attached hydrogen (secondary N) is 1. The maximum Gasteiger partial charge on any atom is 0.243 e. The third kappa shape index (κ3) is 1.44. The van der Waals surface area contributed by atoms with Crippen LogP contribution in [0.15, 0.2) is 0 Å². The highest BCUT2D eigenvalue weighted by atomic mass is 19.3. The first-order valence-corrected chi connectivity index (χ1v) is 3.35. The van der Waals surface area contributed by atoms with Crippen LogP contribution >= 0.6 is 0 Å². The number of hydrogen-bond donors (Lipinski definition) is 2. The molecule has 2 nitrogen and oxygen atoms in total. The summed E-state index contributed by atoms with van der Waals surface area (Å²) in [4.78, 5) is 0. The zero-order valence-electron chi connectivity index (χ0n) is 5.56. The molecule has 4 heteroatoms. The minimum Gasteiger partial charge on any atom is -0.396 e. The molecule has 10 heavy (non-hydrogen) atoms. The Morgan fingerprint density at radius 2 is 2.20 bits per heavy atom. The van der Waals surface area contributed by atoms with Crippen molar-refractivity contribution >= 4 is 0 Å². The second-order valence-electron chi connectivity index (χ2n) is 2.60. The van der Waals surface area contributed by atoms with E-state index in [1.807, 2.05) is 0 Å². The first-order chi connectivity index (χ1) is 4.75. The van der Waals surface area contributed by atoms with E-state index in [9.17, 15) is 8.78 Å². The average molecular weight is 151 g/mol. The van der Waals surface area contributed by atoms with Crippen molar-refractivity contribution < 1.29 is 13.9 Å². The lowest BCUT2D eigenvalue weighted by molar-refractivity contribution is 0.0475. The van der Waals surface area contributed by atoms with Gasteiger partial charge in [0.2, 0.25) is 6.43 Å². The third-order valence-electron chi connectivity index (χ3n) is 1.95. The summed E-state index contributed by atoms with van der Waals surface area (Å²) in [6, 6.07) is 0. The molecular weight excluding hydrogens is 140 g/mol. The van der Waals surface area contributed by atoms with Gasteiger partial charge in [0.1, 0.15) is 0 Å². The smallest absolute Gasteiger partial charge is 0.243 e. The molecular formula is C6H11F2NO. The van der Waals surface area contributed by atoms with Crippen molar-refractivity contribution in [1.29, 1.82) is 0 Å². The summed E-state index contributed by atoms with van der Waals surface area (Å²) in [5, 5.41) is 11.4. The van der Waals surface area contributed by atoms with Crippen LogP contribution in [0.2, 0.25) is 0 Å². The van der Waals surface area contributed by atoms with Gasteiger partial charge in [-0.25, -0.2) is 8.78 Å². The molecule has 60 valence electrons. The monoisotopic (exact) mass is 151 g/mol. The first-order valence-electron chi connectivity index (χ1n) is 3.35. The van der Waals surface area contributed by atoms with Crippen LogP contribution in [0.3, 0.4) is 0 Å². The molecule has 0 radical (unpaired) electrons. The number of aliphatic hydroxyl groups excluding tert-OH is 1. The van der Waals surface area contributed by atoms with Crippen molar-refractivity contribution in [3.8, 4) is 0 Å². The molecule has 0 bridgehead atoms. The SMILES string of the molecule is OC[C@H]1CNC[C@@H]1C(F)F. The van der Waals surface area contributed by atoms with Gasteiger partial charge < -0.3 is 10.4 Å². The van der Waals surface area contributed by atoms with Gasteiger partial charge in [0, 0.05) is 31.5 Å². The molecule has 0 saturated carbocycles. The molecule has 0 aromatic rings. The first kappa shape index (κ1) is 7.88.